The summed E-state index contributed by atoms with van der Waals surface area (Å²) in [7, 11) is 0. The van der Waals surface area contributed by atoms with E-state index in [4.69, 9.17) is 9.72 Å². The fourth-order valence-electron chi connectivity index (χ4n) is 8.80. The van der Waals surface area contributed by atoms with Gasteiger partial charge in [0, 0.05) is 45.1 Å². The van der Waals surface area contributed by atoms with Crippen LogP contribution in [0.2, 0.25) is 0 Å². The van der Waals surface area contributed by atoms with E-state index in [1.54, 1.807) is 0 Å². The van der Waals surface area contributed by atoms with E-state index in [1.807, 2.05) is 6.33 Å². The van der Waals surface area contributed by atoms with Crippen molar-refractivity contribution in [3.63, 3.8) is 0 Å². The van der Waals surface area contributed by atoms with Crippen molar-refractivity contribution in [3.05, 3.63) is 152 Å². The van der Waals surface area contributed by atoms with Crippen LogP contribution in [0.3, 0.4) is 0 Å². The number of hydrogen-bond acceptors (Lipinski definition) is 2. The third kappa shape index (κ3) is 3.23. The Kier molecular flexibility index (Phi) is 4.74. The molecule has 0 aliphatic carbocycles. The normalized spacial score (nSPS) is 13.0. The lowest BCUT2D eigenvalue weighted by Gasteiger charge is -2.33. The SMILES string of the molecule is c1cc2c3c(c1)ncn3-c1cc(-n3c4ccccc4c4ccccc43)cc3c1B2c1ccc(-n2c4ccccc4c4ccccc42)cc1O3. The topological polar surface area (TPSA) is 36.9 Å². The molecule has 12 rings (SSSR count). The Balaban J connectivity index is 1.15. The highest BCUT2D eigenvalue weighted by molar-refractivity contribution is 6.99. The average Bonchev–Trinajstić information content (AvgIpc) is 3.84. The standard InChI is InChI=1S/C43H25BN4O/c1-5-16-35-28(10-1)29-11-2-6-17-36(29)47(35)26-20-21-32-40(23-26)49-41-24-27(48-37-18-7-3-12-30(37)31-13-4-8-19-38(31)48)22-39-42(41)44(32)33-14-9-15-34-43(33)46(39)25-45-34/h1-25H. The van der Waals surface area contributed by atoms with Gasteiger partial charge in [-0.05, 0) is 58.9 Å². The van der Waals surface area contributed by atoms with E-state index in [0.717, 1.165) is 39.6 Å². The number of para-hydroxylation sites is 5. The first-order valence-electron chi connectivity index (χ1n) is 16.7. The molecule has 0 amide bonds. The summed E-state index contributed by atoms with van der Waals surface area (Å²) >= 11 is 0. The van der Waals surface area contributed by atoms with Crippen LogP contribution in [0.4, 0.5) is 0 Å². The van der Waals surface area contributed by atoms with Gasteiger partial charge in [0.15, 0.2) is 0 Å². The predicted octanol–water partition coefficient (Wildman–Crippen LogP) is 8.16. The van der Waals surface area contributed by atoms with Gasteiger partial charge in [-0.3, -0.25) is 4.57 Å². The van der Waals surface area contributed by atoms with E-state index >= 15 is 0 Å². The Labute approximate surface area is 280 Å². The molecule has 49 heavy (non-hydrogen) atoms. The van der Waals surface area contributed by atoms with Crippen LogP contribution in [0.25, 0.3) is 71.7 Å². The number of hydrogen-bond donors (Lipinski definition) is 0. The molecule has 0 saturated heterocycles. The third-order valence-corrected chi connectivity index (χ3v) is 10.8. The number of aromatic nitrogens is 4. The van der Waals surface area contributed by atoms with E-state index in [-0.39, 0.29) is 6.71 Å². The third-order valence-electron chi connectivity index (χ3n) is 10.8. The molecule has 0 atom stereocenters. The Bertz CT molecular complexity index is 2950. The summed E-state index contributed by atoms with van der Waals surface area (Å²) in [6.07, 6.45) is 1.97. The fraction of sp³-hybridized carbons (Fsp3) is 0. The first-order chi connectivity index (χ1) is 24.3. The second kappa shape index (κ2) is 9.09. The van der Waals surface area contributed by atoms with Crippen LogP contribution in [0, 0.1) is 0 Å². The summed E-state index contributed by atoms with van der Waals surface area (Å²) in [6, 6.07) is 52.5. The second-order valence-corrected chi connectivity index (χ2v) is 13.2. The Morgan fingerprint density at radius 2 is 1.06 bits per heavy atom. The number of imidazole rings is 1. The highest BCUT2D eigenvalue weighted by Crippen LogP contribution is 2.39. The lowest BCUT2D eigenvalue weighted by atomic mass is 9.34. The molecule has 7 aromatic carbocycles. The molecule has 6 heteroatoms. The van der Waals surface area contributed by atoms with Gasteiger partial charge >= 0.3 is 0 Å². The molecule has 2 aliphatic rings. The van der Waals surface area contributed by atoms with Crippen LogP contribution in [0.1, 0.15) is 0 Å². The minimum atomic E-state index is 0.0149. The highest BCUT2D eigenvalue weighted by atomic mass is 16.5. The zero-order valence-electron chi connectivity index (χ0n) is 26.2. The van der Waals surface area contributed by atoms with Crippen molar-refractivity contribution < 1.29 is 4.74 Å². The van der Waals surface area contributed by atoms with Gasteiger partial charge in [-0.2, -0.15) is 0 Å². The highest BCUT2D eigenvalue weighted by Gasteiger charge is 2.40. The number of benzene rings is 7. The van der Waals surface area contributed by atoms with Gasteiger partial charge in [-0.1, -0.05) is 91.0 Å². The zero-order chi connectivity index (χ0) is 31.8. The van der Waals surface area contributed by atoms with Gasteiger partial charge in [0.05, 0.1) is 38.8 Å². The molecule has 0 N–H and O–H groups in total. The number of rotatable bonds is 2. The molecule has 5 heterocycles. The molecule has 0 saturated carbocycles. The van der Waals surface area contributed by atoms with Crippen molar-refractivity contribution in [1.29, 1.82) is 0 Å². The first kappa shape index (κ1) is 25.6. The lowest BCUT2D eigenvalue weighted by Crippen LogP contribution is -2.58. The van der Waals surface area contributed by atoms with E-state index in [2.05, 4.69) is 159 Å². The summed E-state index contributed by atoms with van der Waals surface area (Å²) in [5, 5.41) is 4.96. The van der Waals surface area contributed by atoms with Crippen molar-refractivity contribution in [2.24, 2.45) is 0 Å². The quantitative estimate of drug-likeness (QED) is 0.182. The van der Waals surface area contributed by atoms with Gasteiger partial charge in [0.1, 0.15) is 17.8 Å². The maximum Gasteiger partial charge on any atom is 0.256 e. The number of ether oxygens (including phenoxy) is 1. The maximum absolute atomic E-state index is 7.08. The van der Waals surface area contributed by atoms with Crippen molar-refractivity contribution in [1.82, 2.24) is 18.7 Å². The fourth-order valence-corrected chi connectivity index (χ4v) is 8.80. The minimum absolute atomic E-state index is 0.0149. The monoisotopic (exact) mass is 624 g/mol. The molecule has 2 aliphatic heterocycles. The first-order valence-corrected chi connectivity index (χ1v) is 16.7. The zero-order valence-corrected chi connectivity index (χ0v) is 26.2. The van der Waals surface area contributed by atoms with Crippen molar-refractivity contribution in [3.8, 4) is 28.6 Å². The molecular weight excluding hydrogens is 599 g/mol. The van der Waals surface area contributed by atoms with Crippen LogP contribution in [-0.2, 0) is 0 Å². The predicted molar refractivity (Wildman–Crippen MR) is 201 cm³/mol. The molecule has 0 unspecified atom stereocenters. The van der Waals surface area contributed by atoms with Crippen molar-refractivity contribution in [2.45, 2.75) is 0 Å². The van der Waals surface area contributed by atoms with Crippen molar-refractivity contribution >= 4 is 77.7 Å². The summed E-state index contributed by atoms with van der Waals surface area (Å²) < 4.78 is 14.1. The van der Waals surface area contributed by atoms with Crippen LogP contribution < -0.4 is 21.1 Å². The Hall–Kier alpha value is -6.53. The molecular formula is C43H25BN4O. The van der Waals surface area contributed by atoms with Gasteiger partial charge < -0.3 is 13.9 Å². The molecule has 3 aromatic heterocycles. The Morgan fingerprint density at radius 1 is 0.490 bits per heavy atom. The van der Waals surface area contributed by atoms with Crippen LogP contribution in [0.5, 0.6) is 11.5 Å². The molecule has 0 bridgehead atoms. The van der Waals surface area contributed by atoms with Gasteiger partial charge in [0.2, 0.25) is 0 Å². The van der Waals surface area contributed by atoms with E-state index in [9.17, 15) is 0 Å². The largest absolute Gasteiger partial charge is 0.458 e. The summed E-state index contributed by atoms with van der Waals surface area (Å²) in [5.41, 5.74) is 13.7. The van der Waals surface area contributed by atoms with Crippen molar-refractivity contribution in [2.75, 3.05) is 0 Å². The lowest BCUT2D eigenvalue weighted by molar-refractivity contribution is 0.487. The molecule has 0 fully saturated rings. The van der Waals surface area contributed by atoms with Gasteiger partial charge in [-0.25, -0.2) is 4.98 Å². The number of fused-ring (bicyclic) bond motifs is 10. The molecule has 226 valence electrons. The second-order valence-electron chi connectivity index (χ2n) is 13.2. The van der Waals surface area contributed by atoms with E-state index < -0.39 is 0 Å². The van der Waals surface area contributed by atoms with Gasteiger partial charge in [-0.15, -0.1) is 0 Å². The van der Waals surface area contributed by atoms with Crippen LogP contribution in [0.15, 0.2) is 152 Å². The minimum Gasteiger partial charge on any atom is -0.458 e. The summed E-state index contributed by atoms with van der Waals surface area (Å²) in [4.78, 5) is 4.87. The summed E-state index contributed by atoms with van der Waals surface area (Å²) in [5.74, 6) is 1.76. The maximum atomic E-state index is 7.08. The number of nitrogens with zero attached hydrogens (tertiary/aromatic N) is 4. The smallest absolute Gasteiger partial charge is 0.256 e. The van der Waals surface area contributed by atoms with Crippen LogP contribution >= 0.6 is 0 Å². The average molecular weight is 625 g/mol. The Morgan fingerprint density at radius 3 is 1.69 bits per heavy atom. The van der Waals surface area contributed by atoms with E-state index in [0.29, 0.717) is 0 Å². The molecule has 0 spiro atoms. The molecule has 10 aromatic rings. The van der Waals surface area contributed by atoms with Gasteiger partial charge in [0.25, 0.3) is 6.71 Å². The molecule has 0 radical (unpaired) electrons. The van der Waals surface area contributed by atoms with Crippen LogP contribution in [-0.4, -0.2) is 25.4 Å². The van der Waals surface area contributed by atoms with E-state index in [1.165, 1.54) is 60.0 Å². The summed E-state index contributed by atoms with van der Waals surface area (Å²) in [6.45, 7) is 0.0149. The molecule has 5 nitrogen and oxygen atoms in total.